The molecular formula is C11H14N2OS. The van der Waals surface area contributed by atoms with Crippen molar-refractivity contribution in [2.75, 3.05) is 0 Å². The summed E-state index contributed by atoms with van der Waals surface area (Å²) in [5.41, 5.74) is 0. The minimum absolute atomic E-state index is 0.338. The van der Waals surface area contributed by atoms with Crippen LogP contribution in [0.25, 0.3) is 0 Å². The van der Waals surface area contributed by atoms with Gasteiger partial charge in [-0.3, -0.25) is 4.79 Å². The van der Waals surface area contributed by atoms with Crippen molar-refractivity contribution in [1.82, 2.24) is 9.88 Å². The van der Waals surface area contributed by atoms with E-state index in [1.807, 2.05) is 11.6 Å². The summed E-state index contributed by atoms with van der Waals surface area (Å²) in [6.45, 7) is 0.734. The van der Waals surface area contributed by atoms with Gasteiger partial charge in [-0.1, -0.05) is 0 Å². The number of rotatable bonds is 4. The Bertz CT molecular complexity index is 355. The average Bonchev–Trinajstić information content (AvgIpc) is 3.13. The summed E-state index contributed by atoms with van der Waals surface area (Å²) in [5.74, 6) is 0.707. The molecule has 2 aliphatic rings. The van der Waals surface area contributed by atoms with E-state index >= 15 is 0 Å². The molecule has 0 bridgehead atoms. The van der Waals surface area contributed by atoms with Gasteiger partial charge in [-0.15, -0.1) is 11.3 Å². The number of thiazole rings is 1. The van der Waals surface area contributed by atoms with E-state index in [1.165, 1.54) is 12.8 Å². The van der Waals surface area contributed by atoms with Gasteiger partial charge in [0.1, 0.15) is 5.01 Å². The highest BCUT2D eigenvalue weighted by Crippen LogP contribution is 2.36. The second-order valence-corrected chi connectivity index (χ2v) is 5.38. The zero-order chi connectivity index (χ0) is 10.3. The van der Waals surface area contributed by atoms with Gasteiger partial charge in [0, 0.05) is 23.5 Å². The lowest BCUT2D eigenvalue weighted by molar-refractivity contribution is -0.133. The number of amides is 1. The fourth-order valence-corrected chi connectivity index (χ4v) is 2.43. The molecule has 15 heavy (non-hydrogen) atoms. The Morgan fingerprint density at radius 2 is 2.27 bits per heavy atom. The lowest BCUT2D eigenvalue weighted by Gasteiger charge is -2.21. The summed E-state index contributed by atoms with van der Waals surface area (Å²) in [6, 6.07) is 0.516. The zero-order valence-electron chi connectivity index (χ0n) is 8.56. The molecule has 4 heteroatoms. The maximum atomic E-state index is 12.0. The standard InChI is InChI=1S/C11H14N2OS/c14-11(8-1-2-8)13(9-3-4-9)7-10-12-5-6-15-10/h5-6,8-9H,1-4,7H2. The highest BCUT2D eigenvalue weighted by atomic mass is 32.1. The van der Waals surface area contributed by atoms with Crippen molar-refractivity contribution in [3.63, 3.8) is 0 Å². The molecule has 0 aromatic carbocycles. The number of carbonyl (C=O) groups is 1. The number of nitrogens with zero attached hydrogens (tertiary/aromatic N) is 2. The van der Waals surface area contributed by atoms with Gasteiger partial charge in [-0.05, 0) is 25.7 Å². The molecule has 0 spiro atoms. The van der Waals surface area contributed by atoms with E-state index in [4.69, 9.17) is 0 Å². The quantitative estimate of drug-likeness (QED) is 0.781. The van der Waals surface area contributed by atoms with Gasteiger partial charge in [0.2, 0.25) is 5.91 Å². The molecule has 1 heterocycles. The first kappa shape index (κ1) is 9.33. The van der Waals surface area contributed by atoms with Crippen LogP contribution in [0.15, 0.2) is 11.6 Å². The first-order valence-electron chi connectivity index (χ1n) is 5.53. The molecular weight excluding hydrogens is 208 g/mol. The minimum atomic E-state index is 0.338. The summed E-state index contributed by atoms with van der Waals surface area (Å²) >= 11 is 1.64. The topological polar surface area (TPSA) is 33.2 Å². The Labute approximate surface area is 93.1 Å². The van der Waals surface area contributed by atoms with Gasteiger partial charge in [0.05, 0.1) is 6.54 Å². The highest BCUT2D eigenvalue weighted by Gasteiger charge is 2.40. The molecule has 0 saturated heterocycles. The summed E-state index contributed by atoms with van der Waals surface area (Å²) in [6.07, 6.45) is 6.38. The zero-order valence-corrected chi connectivity index (χ0v) is 9.37. The first-order valence-corrected chi connectivity index (χ1v) is 6.41. The molecule has 3 nitrogen and oxygen atoms in total. The summed E-state index contributed by atoms with van der Waals surface area (Å²) in [7, 11) is 0. The fraction of sp³-hybridized carbons (Fsp3) is 0.636. The van der Waals surface area contributed by atoms with Crippen LogP contribution in [0.5, 0.6) is 0 Å². The third-order valence-electron chi connectivity index (χ3n) is 2.99. The second-order valence-electron chi connectivity index (χ2n) is 4.40. The van der Waals surface area contributed by atoms with E-state index in [9.17, 15) is 4.79 Å². The van der Waals surface area contributed by atoms with Crippen LogP contribution in [0.2, 0.25) is 0 Å². The highest BCUT2D eigenvalue weighted by molar-refractivity contribution is 7.09. The van der Waals surface area contributed by atoms with Crippen LogP contribution in [0.4, 0.5) is 0 Å². The van der Waals surface area contributed by atoms with Crippen molar-refractivity contribution in [2.45, 2.75) is 38.3 Å². The molecule has 2 saturated carbocycles. The molecule has 1 amide bonds. The van der Waals surface area contributed by atoms with Gasteiger partial charge in [-0.2, -0.15) is 0 Å². The van der Waals surface area contributed by atoms with Crippen LogP contribution in [0, 0.1) is 5.92 Å². The average molecular weight is 222 g/mol. The van der Waals surface area contributed by atoms with E-state index in [1.54, 1.807) is 11.3 Å². The van der Waals surface area contributed by atoms with Crippen LogP contribution in [0.1, 0.15) is 30.7 Å². The first-order chi connectivity index (χ1) is 7.34. The van der Waals surface area contributed by atoms with E-state index < -0.39 is 0 Å². The normalized spacial score (nSPS) is 20.3. The van der Waals surface area contributed by atoms with E-state index in [0.717, 1.165) is 24.4 Å². The minimum Gasteiger partial charge on any atom is -0.333 e. The van der Waals surface area contributed by atoms with Crippen molar-refractivity contribution in [3.8, 4) is 0 Å². The number of hydrogen-bond donors (Lipinski definition) is 0. The van der Waals surface area contributed by atoms with Crippen molar-refractivity contribution in [3.05, 3.63) is 16.6 Å². The van der Waals surface area contributed by atoms with Crippen molar-refractivity contribution in [1.29, 1.82) is 0 Å². The van der Waals surface area contributed by atoms with Crippen LogP contribution in [0.3, 0.4) is 0 Å². The Hall–Kier alpha value is -0.900. The summed E-state index contributed by atoms with van der Waals surface area (Å²) < 4.78 is 0. The van der Waals surface area contributed by atoms with Crippen LogP contribution in [-0.4, -0.2) is 21.8 Å². The van der Waals surface area contributed by atoms with Gasteiger partial charge < -0.3 is 4.90 Å². The Balaban J connectivity index is 1.70. The third-order valence-corrected chi connectivity index (χ3v) is 3.75. The smallest absolute Gasteiger partial charge is 0.226 e. The predicted octanol–water partition coefficient (Wildman–Crippen LogP) is 2.04. The summed E-state index contributed by atoms with van der Waals surface area (Å²) in [5, 5.41) is 3.04. The van der Waals surface area contributed by atoms with Gasteiger partial charge in [0.25, 0.3) is 0 Å². The number of carbonyl (C=O) groups excluding carboxylic acids is 1. The van der Waals surface area contributed by atoms with Gasteiger partial charge in [0.15, 0.2) is 0 Å². The molecule has 0 radical (unpaired) electrons. The molecule has 0 unspecified atom stereocenters. The van der Waals surface area contributed by atoms with Gasteiger partial charge in [-0.25, -0.2) is 4.98 Å². The molecule has 2 aliphatic carbocycles. The van der Waals surface area contributed by atoms with Crippen LogP contribution < -0.4 is 0 Å². The number of hydrogen-bond acceptors (Lipinski definition) is 3. The van der Waals surface area contributed by atoms with E-state index in [2.05, 4.69) is 9.88 Å². The number of aromatic nitrogens is 1. The molecule has 0 atom stereocenters. The second kappa shape index (κ2) is 3.59. The van der Waals surface area contributed by atoms with E-state index in [0.29, 0.717) is 17.9 Å². The largest absolute Gasteiger partial charge is 0.333 e. The van der Waals surface area contributed by atoms with Crippen molar-refractivity contribution < 1.29 is 4.79 Å². The third kappa shape index (κ3) is 2.04. The maximum Gasteiger partial charge on any atom is 0.226 e. The lowest BCUT2D eigenvalue weighted by Crippen LogP contribution is -2.33. The fourth-order valence-electron chi connectivity index (χ4n) is 1.81. The lowest BCUT2D eigenvalue weighted by atomic mass is 10.3. The Morgan fingerprint density at radius 1 is 1.47 bits per heavy atom. The van der Waals surface area contributed by atoms with Crippen molar-refractivity contribution in [2.24, 2.45) is 5.92 Å². The molecule has 2 fully saturated rings. The summed E-state index contributed by atoms with van der Waals surface area (Å²) in [4.78, 5) is 18.3. The SMILES string of the molecule is O=C(C1CC1)N(Cc1nccs1)C1CC1. The monoisotopic (exact) mass is 222 g/mol. The molecule has 3 rings (SSSR count). The van der Waals surface area contributed by atoms with E-state index in [-0.39, 0.29) is 0 Å². The Kier molecular flexibility index (Phi) is 2.24. The molecule has 80 valence electrons. The molecule has 1 aromatic rings. The molecule has 0 N–H and O–H groups in total. The predicted molar refractivity (Wildman–Crippen MR) is 58.4 cm³/mol. The maximum absolute atomic E-state index is 12.0. The van der Waals surface area contributed by atoms with Crippen LogP contribution >= 0.6 is 11.3 Å². The van der Waals surface area contributed by atoms with Gasteiger partial charge >= 0.3 is 0 Å². The molecule has 1 aromatic heterocycles. The van der Waals surface area contributed by atoms with Crippen molar-refractivity contribution >= 4 is 17.2 Å². The Morgan fingerprint density at radius 3 is 2.80 bits per heavy atom. The molecule has 0 aliphatic heterocycles. The van der Waals surface area contributed by atoms with Crippen LogP contribution in [-0.2, 0) is 11.3 Å².